The van der Waals surface area contributed by atoms with Gasteiger partial charge in [0.2, 0.25) is 0 Å². The number of ketones is 1. The summed E-state index contributed by atoms with van der Waals surface area (Å²) in [4.78, 5) is 27.7. The minimum atomic E-state index is -2.32. The number of ether oxygens (including phenoxy) is 4. The van der Waals surface area contributed by atoms with E-state index in [2.05, 4.69) is 57.4 Å². The Morgan fingerprint density at radius 3 is 2.35 bits per heavy atom. The quantitative estimate of drug-likeness (QED) is 0.175. The molecular formula is C38H44O7Si. The Morgan fingerprint density at radius 2 is 1.70 bits per heavy atom. The molecule has 7 nitrogen and oxygen atoms in total. The van der Waals surface area contributed by atoms with Crippen LogP contribution in [-0.2, 0) is 34.6 Å². The summed E-state index contributed by atoms with van der Waals surface area (Å²) in [6.07, 6.45) is 5.13. The van der Waals surface area contributed by atoms with E-state index in [1.807, 2.05) is 50.2 Å². The molecule has 2 aliphatic heterocycles. The van der Waals surface area contributed by atoms with Gasteiger partial charge in [-0.25, -0.2) is 4.79 Å². The van der Waals surface area contributed by atoms with Crippen LogP contribution in [0.4, 0.5) is 0 Å². The molecule has 0 N–H and O–H groups in total. The lowest BCUT2D eigenvalue weighted by molar-refractivity contribution is -0.421. The standard InChI is InChI=1S/C38H44O7Si/c1-24(2)35-20-26(4)38-30(33(35)42-37(43-35,44-38)22-27-14-10-8-11-15-27)19-28(23-41-34(40)29-16-12-9-13-17-29)21-36(45-46(5,6)7)31(38)18-25(3)32(36)39/h8-19,26,30-31,33H,1,20-23H2,2-7H3/t26-,30+,31-,33-,35-,36-,37-,38-/m1/s1. The van der Waals surface area contributed by atoms with Crippen LogP contribution < -0.4 is 0 Å². The Hall–Kier alpha value is -3.14. The number of hydrogen-bond acceptors (Lipinski definition) is 7. The number of carbonyl (C=O) groups excluding carboxylic acids is 2. The highest BCUT2D eigenvalue weighted by molar-refractivity contribution is 6.70. The van der Waals surface area contributed by atoms with Gasteiger partial charge in [-0.05, 0) is 80.2 Å². The summed E-state index contributed by atoms with van der Waals surface area (Å²) in [5, 5.41) is 0. The molecular weight excluding hydrogens is 596 g/mol. The zero-order valence-corrected chi connectivity index (χ0v) is 28.6. The number of carbonyl (C=O) groups is 2. The number of benzene rings is 2. The van der Waals surface area contributed by atoms with E-state index in [9.17, 15) is 9.59 Å². The summed E-state index contributed by atoms with van der Waals surface area (Å²) in [5.74, 6) is -2.61. The van der Waals surface area contributed by atoms with Crippen molar-refractivity contribution in [3.63, 3.8) is 0 Å². The van der Waals surface area contributed by atoms with E-state index in [0.717, 1.165) is 16.7 Å². The molecule has 3 aliphatic carbocycles. The third-order valence-corrected chi connectivity index (χ3v) is 11.6. The maximum atomic E-state index is 14.5. The zero-order chi connectivity index (χ0) is 32.7. The molecule has 0 unspecified atom stereocenters. The van der Waals surface area contributed by atoms with Crippen LogP contribution in [-0.4, -0.2) is 55.6 Å². The second-order valence-corrected chi connectivity index (χ2v) is 19.4. The summed E-state index contributed by atoms with van der Waals surface area (Å²) >= 11 is 0. The fraction of sp³-hybridized carbons (Fsp3) is 0.474. The van der Waals surface area contributed by atoms with Gasteiger partial charge in [-0.1, -0.05) is 74.2 Å². The summed E-state index contributed by atoms with van der Waals surface area (Å²) < 4.78 is 34.4. The Morgan fingerprint density at radius 1 is 1.02 bits per heavy atom. The molecule has 242 valence electrons. The minimum absolute atomic E-state index is 0.0212. The maximum Gasteiger partial charge on any atom is 0.338 e. The van der Waals surface area contributed by atoms with Gasteiger partial charge in [0.1, 0.15) is 23.9 Å². The lowest BCUT2D eigenvalue weighted by Gasteiger charge is -2.60. The van der Waals surface area contributed by atoms with Gasteiger partial charge in [0.15, 0.2) is 14.1 Å². The summed E-state index contributed by atoms with van der Waals surface area (Å²) in [6, 6.07) is 19.0. The highest BCUT2D eigenvalue weighted by atomic mass is 28.4. The zero-order valence-electron chi connectivity index (χ0n) is 27.6. The first-order valence-electron chi connectivity index (χ1n) is 16.4. The summed E-state index contributed by atoms with van der Waals surface area (Å²) in [6.45, 7) is 16.9. The molecule has 0 spiro atoms. The lowest BCUT2D eigenvalue weighted by atomic mass is 9.55. The van der Waals surface area contributed by atoms with Crippen molar-refractivity contribution in [1.82, 2.24) is 0 Å². The average Bonchev–Trinajstić information content (AvgIpc) is 3.31. The van der Waals surface area contributed by atoms with Gasteiger partial charge in [0.25, 0.3) is 5.97 Å². The van der Waals surface area contributed by atoms with Gasteiger partial charge in [-0.2, -0.15) is 0 Å². The molecule has 2 aromatic rings. The molecule has 8 atom stereocenters. The van der Waals surface area contributed by atoms with Crippen molar-refractivity contribution >= 4 is 20.1 Å². The highest BCUT2D eigenvalue weighted by Crippen LogP contribution is 2.69. The molecule has 2 aromatic carbocycles. The minimum Gasteiger partial charge on any atom is -0.458 e. The van der Waals surface area contributed by atoms with Crippen LogP contribution in [0.5, 0.6) is 0 Å². The van der Waals surface area contributed by atoms with Crippen LogP contribution in [0, 0.1) is 17.8 Å². The smallest absolute Gasteiger partial charge is 0.338 e. The number of rotatable bonds is 8. The monoisotopic (exact) mass is 640 g/mol. The van der Waals surface area contributed by atoms with Gasteiger partial charge in [-0.3, -0.25) is 4.79 Å². The van der Waals surface area contributed by atoms with Crippen molar-refractivity contribution in [2.24, 2.45) is 17.8 Å². The molecule has 8 heteroatoms. The van der Waals surface area contributed by atoms with E-state index in [1.165, 1.54) is 0 Å². The third-order valence-electron chi connectivity index (χ3n) is 10.6. The van der Waals surface area contributed by atoms with Crippen LogP contribution in [0.2, 0.25) is 19.6 Å². The molecule has 5 aliphatic rings. The number of esters is 1. The highest BCUT2D eigenvalue weighted by Gasteiger charge is 2.79. The van der Waals surface area contributed by atoms with Crippen molar-refractivity contribution in [2.75, 3.05) is 6.61 Å². The van der Waals surface area contributed by atoms with Crippen LogP contribution in [0.3, 0.4) is 0 Å². The molecule has 2 heterocycles. The molecule has 2 saturated heterocycles. The number of Topliss-reactive ketones (excluding diaryl/α,β-unsaturated/α-hetero) is 1. The Balaban J connectivity index is 1.39. The van der Waals surface area contributed by atoms with Gasteiger partial charge in [0, 0.05) is 18.3 Å². The van der Waals surface area contributed by atoms with Gasteiger partial charge >= 0.3 is 5.97 Å². The fourth-order valence-electron chi connectivity index (χ4n) is 8.97. The summed E-state index contributed by atoms with van der Waals surface area (Å²) in [7, 11) is -2.32. The maximum absolute atomic E-state index is 14.5. The van der Waals surface area contributed by atoms with E-state index >= 15 is 0 Å². The van der Waals surface area contributed by atoms with Crippen molar-refractivity contribution in [3.8, 4) is 0 Å². The topological polar surface area (TPSA) is 80.3 Å². The molecule has 3 bridgehead atoms. The number of hydrogen-bond donors (Lipinski definition) is 0. The van der Waals surface area contributed by atoms with Crippen molar-refractivity contribution in [1.29, 1.82) is 0 Å². The van der Waals surface area contributed by atoms with Gasteiger partial charge < -0.3 is 23.4 Å². The van der Waals surface area contributed by atoms with E-state index in [4.69, 9.17) is 23.4 Å². The first-order valence-corrected chi connectivity index (χ1v) is 19.8. The largest absolute Gasteiger partial charge is 0.458 e. The first-order chi connectivity index (χ1) is 21.7. The predicted molar refractivity (Wildman–Crippen MR) is 176 cm³/mol. The van der Waals surface area contributed by atoms with Crippen molar-refractivity contribution in [3.05, 3.63) is 107 Å². The normalized spacial score (nSPS) is 37.6. The average molecular weight is 641 g/mol. The third kappa shape index (κ3) is 4.67. The number of fused-ring (bicyclic) bond motifs is 2. The van der Waals surface area contributed by atoms with Crippen LogP contribution >= 0.6 is 0 Å². The van der Waals surface area contributed by atoms with Crippen LogP contribution in [0.25, 0.3) is 0 Å². The molecule has 0 aromatic heterocycles. The molecule has 1 saturated carbocycles. The molecule has 0 amide bonds. The Bertz CT molecular complexity index is 1640. The van der Waals surface area contributed by atoms with Crippen molar-refractivity contribution in [2.45, 2.75) is 88.6 Å². The molecule has 46 heavy (non-hydrogen) atoms. The van der Waals surface area contributed by atoms with Gasteiger partial charge in [-0.15, -0.1) is 0 Å². The second-order valence-electron chi connectivity index (χ2n) is 14.9. The SMILES string of the molecule is C=C(C)[C@]12C[C@@H](C)[C@@]34O[C@](Cc5ccccc5)(O[C@@H]1[C@@H]3C=C(COC(=O)c1ccccc1)C[C@]1(O[Si](C)(C)C)C(=O)C(C)=C[C@@H]41)O2. The first kappa shape index (κ1) is 31.5. The predicted octanol–water partition coefficient (Wildman–Crippen LogP) is 6.96. The summed E-state index contributed by atoms with van der Waals surface area (Å²) in [5.41, 5.74) is 0.961. The fourth-order valence-corrected chi connectivity index (χ4v) is 10.4. The Kier molecular flexibility index (Phi) is 7.31. The molecule has 0 radical (unpaired) electrons. The van der Waals surface area contributed by atoms with Crippen LogP contribution in [0.15, 0.2) is 96.1 Å². The van der Waals surface area contributed by atoms with Crippen LogP contribution in [0.1, 0.15) is 49.5 Å². The molecule has 7 rings (SSSR count). The Labute approximate surface area is 272 Å². The van der Waals surface area contributed by atoms with E-state index in [0.29, 0.717) is 30.4 Å². The van der Waals surface area contributed by atoms with E-state index in [1.54, 1.807) is 12.1 Å². The lowest BCUT2D eigenvalue weighted by Crippen LogP contribution is -2.71. The van der Waals surface area contributed by atoms with Gasteiger partial charge in [0.05, 0.1) is 17.6 Å². The van der Waals surface area contributed by atoms with Crippen molar-refractivity contribution < 1.29 is 33.0 Å². The van der Waals surface area contributed by atoms with E-state index < -0.39 is 49.1 Å². The molecule has 3 fully saturated rings. The van der Waals surface area contributed by atoms with E-state index in [-0.39, 0.29) is 24.2 Å². The second kappa shape index (κ2) is 10.7.